The van der Waals surface area contributed by atoms with Crippen molar-refractivity contribution in [3.05, 3.63) is 24.2 Å². The maximum atomic E-state index is 12.0. The van der Waals surface area contributed by atoms with Crippen molar-refractivity contribution in [1.29, 1.82) is 0 Å². The van der Waals surface area contributed by atoms with Gasteiger partial charge in [0.1, 0.15) is 6.04 Å². The fourth-order valence-corrected chi connectivity index (χ4v) is 1.76. The van der Waals surface area contributed by atoms with Crippen LogP contribution in [-0.2, 0) is 9.59 Å². The number of hydrogen-bond acceptors (Lipinski definition) is 4. The van der Waals surface area contributed by atoms with Crippen molar-refractivity contribution in [3.63, 3.8) is 0 Å². The normalized spacial score (nSPS) is 11.8. The summed E-state index contributed by atoms with van der Waals surface area (Å²) in [5, 5.41) is 9.00. The number of carbonyl (C=O) groups excluding carboxylic acids is 2. The highest BCUT2D eigenvalue weighted by molar-refractivity contribution is 5.94. The Morgan fingerprint density at radius 1 is 1.35 bits per heavy atom. The van der Waals surface area contributed by atoms with Gasteiger partial charge in [-0.15, -0.1) is 0 Å². The summed E-state index contributed by atoms with van der Waals surface area (Å²) in [6, 6.07) is 2.18. The van der Waals surface area contributed by atoms with Crippen LogP contribution in [0.2, 0.25) is 0 Å². The van der Waals surface area contributed by atoms with E-state index in [0.717, 1.165) is 4.90 Å². The Kier molecular flexibility index (Phi) is 5.31. The zero-order valence-electron chi connectivity index (χ0n) is 11.7. The highest BCUT2D eigenvalue weighted by Gasteiger charge is 2.26. The first kappa shape index (κ1) is 15.7. The highest BCUT2D eigenvalue weighted by Crippen LogP contribution is 2.06. The molecule has 1 N–H and O–H groups in total. The lowest BCUT2D eigenvalue weighted by molar-refractivity contribution is -0.149. The molecule has 0 fully saturated rings. The van der Waals surface area contributed by atoms with Crippen LogP contribution in [-0.4, -0.2) is 59.4 Å². The van der Waals surface area contributed by atoms with Crippen LogP contribution in [0, 0.1) is 0 Å². The van der Waals surface area contributed by atoms with Gasteiger partial charge >= 0.3 is 5.97 Å². The number of nitrogens with zero attached hydrogens (tertiary/aromatic N) is 2. The van der Waals surface area contributed by atoms with Crippen LogP contribution in [0.5, 0.6) is 0 Å². The Bertz CT molecular complexity index is 483. The van der Waals surface area contributed by atoms with Gasteiger partial charge in [0.15, 0.2) is 5.76 Å². The van der Waals surface area contributed by atoms with Crippen molar-refractivity contribution in [2.24, 2.45) is 0 Å². The molecule has 1 aromatic rings. The lowest BCUT2D eigenvalue weighted by Crippen LogP contribution is -2.46. The topological polar surface area (TPSA) is 91.1 Å². The van der Waals surface area contributed by atoms with Gasteiger partial charge in [-0.1, -0.05) is 6.92 Å². The average Bonchev–Trinajstić information content (AvgIpc) is 2.91. The van der Waals surface area contributed by atoms with Crippen molar-refractivity contribution in [2.45, 2.75) is 19.4 Å². The SMILES string of the molecule is CCC(C(=O)O)N(C)C(=O)CN(C)C(=O)c1ccco1. The molecule has 0 aliphatic heterocycles. The molecule has 0 saturated carbocycles. The number of rotatable bonds is 6. The van der Waals surface area contributed by atoms with E-state index in [4.69, 9.17) is 9.52 Å². The van der Waals surface area contributed by atoms with Gasteiger partial charge in [0.2, 0.25) is 5.91 Å². The molecule has 1 aromatic heterocycles. The van der Waals surface area contributed by atoms with E-state index in [1.54, 1.807) is 13.0 Å². The van der Waals surface area contributed by atoms with E-state index >= 15 is 0 Å². The minimum atomic E-state index is -1.07. The Balaban J connectivity index is 2.65. The largest absolute Gasteiger partial charge is 0.480 e. The molecule has 2 amide bonds. The molecule has 20 heavy (non-hydrogen) atoms. The van der Waals surface area contributed by atoms with Gasteiger partial charge in [0.05, 0.1) is 12.8 Å². The van der Waals surface area contributed by atoms with Crippen LogP contribution in [0.25, 0.3) is 0 Å². The zero-order valence-corrected chi connectivity index (χ0v) is 11.7. The third kappa shape index (κ3) is 3.59. The Hall–Kier alpha value is -2.31. The summed E-state index contributed by atoms with van der Waals surface area (Å²) in [5.41, 5.74) is 0. The number of carboxylic acids is 1. The van der Waals surface area contributed by atoms with E-state index in [1.807, 2.05) is 0 Å². The van der Waals surface area contributed by atoms with Crippen LogP contribution >= 0.6 is 0 Å². The molecule has 110 valence electrons. The lowest BCUT2D eigenvalue weighted by atomic mass is 10.2. The second-order valence-electron chi connectivity index (χ2n) is 4.41. The van der Waals surface area contributed by atoms with E-state index in [0.29, 0.717) is 6.42 Å². The van der Waals surface area contributed by atoms with E-state index in [9.17, 15) is 14.4 Å². The average molecular weight is 282 g/mol. The third-order valence-electron chi connectivity index (χ3n) is 2.98. The molecular weight excluding hydrogens is 264 g/mol. The van der Waals surface area contributed by atoms with Gasteiger partial charge in [-0.3, -0.25) is 9.59 Å². The number of likely N-dealkylation sites (N-methyl/N-ethyl adjacent to an activating group) is 2. The van der Waals surface area contributed by atoms with Crippen molar-refractivity contribution < 1.29 is 23.9 Å². The van der Waals surface area contributed by atoms with Crippen LogP contribution < -0.4 is 0 Å². The first-order chi connectivity index (χ1) is 9.38. The fraction of sp³-hybridized carbons (Fsp3) is 0.462. The molecule has 7 heteroatoms. The summed E-state index contributed by atoms with van der Waals surface area (Å²) in [7, 11) is 2.87. The minimum Gasteiger partial charge on any atom is -0.480 e. The van der Waals surface area contributed by atoms with Crippen molar-refractivity contribution in [2.75, 3.05) is 20.6 Å². The lowest BCUT2D eigenvalue weighted by Gasteiger charge is -2.26. The van der Waals surface area contributed by atoms with Crippen LogP contribution in [0.3, 0.4) is 0 Å². The Morgan fingerprint density at radius 2 is 2.00 bits per heavy atom. The molecule has 1 atom stereocenters. The second kappa shape index (κ2) is 6.74. The van der Waals surface area contributed by atoms with E-state index in [-0.39, 0.29) is 12.3 Å². The maximum Gasteiger partial charge on any atom is 0.326 e. The summed E-state index contributed by atoms with van der Waals surface area (Å²) < 4.78 is 4.96. The van der Waals surface area contributed by atoms with Gasteiger partial charge in [0.25, 0.3) is 5.91 Å². The first-order valence-corrected chi connectivity index (χ1v) is 6.15. The summed E-state index contributed by atoms with van der Waals surface area (Å²) in [4.78, 5) is 37.2. The van der Waals surface area contributed by atoms with E-state index in [1.165, 1.54) is 31.3 Å². The summed E-state index contributed by atoms with van der Waals surface area (Å²) in [6.07, 6.45) is 1.67. The predicted octanol–water partition coefficient (Wildman–Crippen LogP) is 0.673. The monoisotopic (exact) mass is 282 g/mol. The van der Waals surface area contributed by atoms with E-state index in [2.05, 4.69) is 0 Å². The summed E-state index contributed by atoms with van der Waals surface area (Å²) >= 11 is 0. The standard InChI is InChI=1S/C13H18N2O5/c1-4-9(13(18)19)15(3)11(16)8-14(2)12(17)10-6-5-7-20-10/h5-7,9H,4,8H2,1-3H3,(H,18,19). The summed E-state index contributed by atoms with van der Waals surface area (Å²) in [6.45, 7) is 1.47. The number of furan rings is 1. The molecule has 0 spiro atoms. The molecule has 0 bridgehead atoms. The van der Waals surface area contributed by atoms with Gasteiger partial charge in [0, 0.05) is 14.1 Å². The molecule has 0 radical (unpaired) electrons. The molecular formula is C13H18N2O5. The zero-order chi connectivity index (χ0) is 15.3. The van der Waals surface area contributed by atoms with Crippen molar-refractivity contribution in [1.82, 2.24) is 9.80 Å². The Morgan fingerprint density at radius 3 is 2.45 bits per heavy atom. The number of amides is 2. The second-order valence-corrected chi connectivity index (χ2v) is 4.41. The van der Waals surface area contributed by atoms with Crippen molar-refractivity contribution in [3.8, 4) is 0 Å². The highest BCUT2D eigenvalue weighted by atomic mass is 16.4. The van der Waals surface area contributed by atoms with Crippen molar-refractivity contribution >= 4 is 17.8 Å². The number of hydrogen-bond donors (Lipinski definition) is 1. The summed E-state index contributed by atoms with van der Waals surface area (Å²) in [5.74, 6) is -1.81. The molecule has 1 rings (SSSR count). The number of carboxylic acid groups (broad SMARTS) is 1. The molecule has 0 aliphatic carbocycles. The number of carbonyl (C=O) groups is 3. The molecule has 1 heterocycles. The molecule has 0 aromatic carbocycles. The van der Waals surface area contributed by atoms with E-state index < -0.39 is 23.8 Å². The predicted molar refractivity (Wildman–Crippen MR) is 70.2 cm³/mol. The molecule has 0 aliphatic rings. The fourth-order valence-electron chi connectivity index (χ4n) is 1.76. The molecule has 0 saturated heterocycles. The third-order valence-corrected chi connectivity index (χ3v) is 2.98. The first-order valence-electron chi connectivity index (χ1n) is 6.15. The number of aliphatic carboxylic acids is 1. The molecule has 7 nitrogen and oxygen atoms in total. The van der Waals surface area contributed by atoms with Gasteiger partial charge in [-0.25, -0.2) is 4.79 Å². The quantitative estimate of drug-likeness (QED) is 0.828. The van der Waals surface area contributed by atoms with Crippen LogP contribution in [0.15, 0.2) is 22.8 Å². The Labute approximate surface area is 116 Å². The smallest absolute Gasteiger partial charge is 0.326 e. The minimum absolute atomic E-state index is 0.133. The van der Waals surface area contributed by atoms with Crippen LogP contribution in [0.4, 0.5) is 0 Å². The molecule has 1 unspecified atom stereocenters. The van der Waals surface area contributed by atoms with Gasteiger partial charge in [-0.2, -0.15) is 0 Å². The van der Waals surface area contributed by atoms with Crippen LogP contribution in [0.1, 0.15) is 23.9 Å². The maximum absolute atomic E-state index is 12.0. The van der Waals surface area contributed by atoms with Gasteiger partial charge < -0.3 is 19.3 Å². The van der Waals surface area contributed by atoms with Gasteiger partial charge in [-0.05, 0) is 18.6 Å².